The number of nitrogens with zero attached hydrogens (tertiary/aromatic N) is 4. The average Bonchev–Trinajstić information content (AvgIpc) is 2.84. The number of aryl methyl sites for hydroxylation is 2. The zero-order valence-electron chi connectivity index (χ0n) is 12.1. The molecule has 1 aromatic carbocycles. The minimum Gasteiger partial charge on any atom is -0.284 e. The molecule has 3 rings (SSSR count). The fourth-order valence-corrected chi connectivity index (χ4v) is 2.52. The van der Waals surface area contributed by atoms with Gasteiger partial charge in [-0.3, -0.25) is 14.5 Å². The van der Waals surface area contributed by atoms with Gasteiger partial charge in [0.25, 0.3) is 5.69 Å². The van der Waals surface area contributed by atoms with E-state index in [1.165, 1.54) is 16.7 Å². The van der Waals surface area contributed by atoms with Crippen molar-refractivity contribution in [1.82, 2.24) is 9.38 Å². The van der Waals surface area contributed by atoms with Crippen LogP contribution < -0.4 is 0 Å². The molecular formula is C16H12N4O2. The third-order valence-corrected chi connectivity index (χ3v) is 3.56. The second kappa shape index (κ2) is 4.97. The number of hydrogen-bond acceptors (Lipinski definition) is 4. The molecule has 0 fully saturated rings. The first-order valence-corrected chi connectivity index (χ1v) is 6.65. The Balaban J connectivity index is 2.31. The smallest absolute Gasteiger partial charge is 0.284 e. The molecule has 0 saturated carbocycles. The van der Waals surface area contributed by atoms with Crippen LogP contribution in [0.25, 0.3) is 16.9 Å². The van der Waals surface area contributed by atoms with Gasteiger partial charge in [-0.1, -0.05) is 23.8 Å². The van der Waals surface area contributed by atoms with Gasteiger partial charge in [-0.25, -0.2) is 4.98 Å². The van der Waals surface area contributed by atoms with Crippen LogP contribution in [-0.2, 0) is 0 Å². The lowest BCUT2D eigenvalue weighted by atomic mass is 10.0. The van der Waals surface area contributed by atoms with Crippen molar-refractivity contribution in [1.29, 1.82) is 5.26 Å². The van der Waals surface area contributed by atoms with Gasteiger partial charge in [-0.05, 0) is 25.5 Å². The van der Waals surface area contributed by atoms with Crippen LogP contribution in [0, 0.1) is 35.3 Å². The Hall–Kier alpha value is -3.20. The third-order valence-electron chi connectivity index (χ3n) is 3.56. The standard InChI is InChI=1S/C16H12N4O2/c1-10-3-5-13(11(2)7-10)16-14(8-17)19-9-12(20(21)22)4-6-15(19)18-16/h3-7,9H,1-2H3. The van der Waals surface area contributed by atoms with Crippen LogP contribution in [0.2, 0.25) is 0 Å². The fourth-order valence-electron chi connectivity index (χ4n) is 2.52. The lowest BCUT2D eigenvalue weighted by molar-refractivity contribution is -0.385. The molecule has 0 amide bonds. The number of nitro groups is 1. The molecule has 3 aromatic rings. The van der Waals surface area contributed by atoms with Crippen molar-refractivity contribution < 1.29 is 4.92 Å². The van der Waals surface area contributed by atoms with E-state index in [0.29, 0.717) is 17.0 Å². The third kappa shape index (κ3) is 2.09. The highest BCUT2D eigenvalue weighted by molar-refractivity contribution is 5.72. The zero-order chi connectivity index (χ0) is 15.9. The summed E-state index contributed by atoms with van der Waals surface area (Å²) in [7, 11) is 0. The van der Waals surface area contributed by atoms with Gasteiger partial charge in [-0.2, -0.15) is 5.26 Å². The molecule has 0 N–H and O–H groups in total. The molecule has 6 nitrogen and oxygen atoms in total. The van der Waals surface area contributed by atoms with E-state index in [1.807, 2.05) is 32.0 Å². The minimum atomic E-state index is -0.489. The number of rotatable bonds is 2. The van der Waals surface area contributed by atoms with E-state index in [4.69, 9.17) is 0 Å². The van der Waals surface area contributed by atoms with Gasteiger partial charge in [0.1, 0.15) is 17.4 Å². The molecule has 0 atom stereocenters. The summed E-state index contributed by atoms with van der Waals surface area (Å²) < 4.78 is 1.47. The molecule has 2 aromatic heterocycles. The lowest BCUT2D eigenvalue weighted by Crippen LogP contribution is -1.94. The van der Waals surface area contributed by atoms with Crippen molar-refractivity contribution in [2.45, 2.75) is 13.8 Å². The van der Waals surface area contributed by atoms with Crippen molar-refractivity contribution in [3.63, 3.8) is 0 Å². The number of nitriles is 1. The van der Waals surface area contributed by atoms with Gasteiger partial charge >= 0.3 is 0 Å². The molecule has 0 spiro atoms. The van der Waals surface area contributed by atoms with Crippen LogP contribution in [0.5, 0.6) is 0 Å². The largest absolute Gasteiger partial charge is 0.286 e. The molecule has 108 valence electrons. The molecule has 0 bridgehead atoms. The summed E-state index contributed by atoms with van der Waals surface area (Å²) in [6, 6.07) is 10.9. The predicted octanol–water partition coefficient (Wildman–Crippen LogP) is 3.40. The molecule has 0 radical (unpaired) electrons. The van der Waals surface area contributed by atoms with Crippen LogP contribution >= 0.6 is 0 Å². The van der Waals surface area contributed by atoms with E-state index in [1.54, 1.807) is 6.07 Å². The highest BCUT2D eigenvalue weighted by Gasteiger charge is 2.17. The molecule has 0 saturated heterocycles. The van der Waals surface area contributed by atoms with Crippen LogP contribution in [0.15, 0.2) is 36.5 Å². The maximum Gasteiger partial charge on any atom is 0.286 e. The highest BCUT2D eigenvalue weighted by Crippen LogP contribution is 2.28. The van der Waals surface area contributed by atoms with Gasteiger partial charge in [0.05, 0.1) is 11.1 Å². The summed E-state index contributed by atoms with van der Waals surface area (Å²) in [4.78, 5) is 14.9. The van der Waals surface area contributed by atoms with Crippen LogP contribution in [0.4, 0.5) is 5.69 Å². The van der Waals surface area contributed by atoms with Crippen LogP contribution in [-0.4, -0.2) is 14.3 Å². The number of hydrogen-bond donors (Lipinski definition) is 0. The van der Waals surface area contributed by atoms with E-state index < -0.39 is 4.92 Å². The summed E-state index contributed by atoms with van der Waals surface area (Å²) in [6.07, 6.45) is 1.33. The van der Waals surface area contributed by atoms with E-state index in [9.17, 15) is 15.4 Å². The average molecular weight is 292 g/mol. The van der Waals surface area contributed by atoms with Crippen molar-refractivity contribution >= 4 is 11.3 Å². The van der Waals surface area contributed by atoms with Gasteiger partial charge in [0, 0.05) is 11.6 Å². The number of fused-ring (bicyclic) bond motifs is 1. The molecule has 0 unspecified atom stereocenters. The first-order chi connectivity index (χ1) is 10.5. The summed E-state index contributed by atoms with van der Waals surface area (Å²) >= 11 is 0. The first kappa shape index (κ1) is 13.8. The molecular weight excluding hydrogens is 280 g/mol. The van der Waals surface area contributed by atoms with E-state index in [-0.39, 0.29) is 5.69 Å². The van der Waals surface area contributed by atoms with Crippen molar-refractivity contribution in [2.75, 3.05) is 0 Å². The number of benzene rings is 1. The second-order valence-corrected chi connectivity index (χ2v) is 5.11. The second-order valence-electron chi connectivity index (χ2n) is 5.11. The Bertz CT molecular complexity index is 951. The van der Waals surface area contributed by atoms with Crippen LogP contribution in [0.1, 0.15) is 16.8 Å². The number of imidazole rings is 1. The van der Waals surface area contributed by atoms with Crippen molar-refractivity contribution in [3.05, 3.63) is 63.5 Å². The molecule has 0 aliphatic carbocycles. The predicted molar refractivity (Wildman–Crippen MR) is 81.5 cm³/mol. The van der Waals surface area contributed by atoms with Gasteiger partial charge in [0.2, 0.25) is 0 Å². The zero-order valence-corrected chi connectivity index (χ0v) is 12.1. The molecule has 0 aliphatic heterocycles. The molecule has 22 heavy (non-hydrogen) atoms. The van der Waals surface area contributed by atoms with Crippen molar-refractivity contribution in [3.8, 4) is 17.3 Å². The van der Waals surface area contributed by atoms with E-state index in [2.05, 4.69) is 11.1 Å². The topological polar surface area (TPSA) is 84.2 Å². The monoisotopic (exact) mass is 292 g/mol. The fraction of sp³-hybridized carbons (Fsp3) is 0.125. The lowest BCUT2D eigenvalue weighted by Gasteiger charge is -2.04. The Morgan fingerprint density at radius 2 is 2.05 bits per heavy atom. The quantitative estimate of drug-likeness (QED) is 0.535. The Morgan fingerprint density at radius 1 is 1.27 bits per heavy atom. The van der Waals surface area contributed by atoms with Gasteiger partial charge in [0.15, 0.2) is 5.69 Å². The summed E-state index contributed by atoms with van der Waals surface area (Å²) in [5.74, 6) is 0. The molecule has 2 heterocycles. The van der Waals surface area contributed by atoms with E-state index >= 15 is 0 Å². The first-order valence-electron chi connectivity index (χ1n) is 6.65. The molecule has 0 aliphatic rings. The molecule has 6 heteroatoms. The van der Waals surface area contributed by atoms with Crippen molar-refractivity contribution in [2.24, 2.45) is 0 Å². The number of aromatic nitrogens is 2. The summed E-state index contributed by atoms with van der Waals surface area (Å²) in [5.41, 5.74) is 4.26. The normalized spacial score (nSPS) is 10.6. The SMILES string of the molecule is Cc1ccc(-c2nc3ccc([N+](=O)[O-])cn3c2C#N)c(C)c1. The maximum atomic E-state index is 10.9. The Kier molecular flexibility index (Phi) is 3.11. The van der Waals surface area contributed by atoms with Gasteiger partial charge < -0.3 is 0 Å². The highest BCUT2D eigenvalue weighted by atomic mass is 16.6. The Labute approximate surface area is 126 Å². The summed E-state index contributed by atoms with van der Waals surface area (Å²) in [6.45, 7) is 3.95. The van der Waals surface area contributed by atoms with Crippen LogP contribution in [0.3, 0.4) is 0 Å². The van der Waals surface area contributed by atoms with Gasteiger partial charge in [-0.15, -0.1) is 0 Å². The minimum absolute atomic E-state index is 0.0754. The number of pyridine rings is 1. The maximum absolute atomic E-state index is 10.9. The van der Waals surface area contributed by atoms with E-state index in [0.717, 1.165) is 16.7 Å². The summed E-state index contributed by atoms with van der Waals surface area (Å²) in [5, 5.41) is 20.4. The Morgan fingerprint density at radius 3 is 2.68 bits per heavy atom.